The Labute approximate surface area is 182 Å². The molecule has 0 amide bonds. The molecule has 0 radical (unpaired) electrons. The van der Waals surface area contributed by atoms with Gasteiger partial charge in [-0.1, -0.05) is 51.0 Å². The minimum Gasteiger partial charge on any atom is -0.478 e. The van der Waals surface area contributed by atoms with Gasteiger partial charge in [0.05, 0.1) is 17.8 Å². The molecule has 3 aromatic rings. The number of pyridine rings is 1. The standard InChI is InChI=1S/C24H28N4O3/c1-3-5-11-21(29)23-26-22(12-6-4-2)28(27-23)16-18-14-13-17(15-25-18)19-9-7-8-10-20(19)24(30)31/h7-10,13-15H,3-6,11-12,16H2,1-2H3,(H,30,31). The van der Waals surface area contributed by atoms with Crippen molar-refractivity contribution in [2.24, 2.45) is 0 Å². The van der Waals surface area contributed by atoms with Crippen LogP contribution in [0.3, 0.4) is 0 Å². The smallest absolute Gasteiger partial charge is 0.336 e. The average Bonchev–Trinajstić information content (AvgIpc) is 3.19. The zero-order valence-corrected chi connectivity index (χ0v) is 18.0. The quantitative estimate of drug-likeness (QED) is 0.447. The molecule has 7 nitrogen and oxygen atoms in total. The lowest BCUT2D eigenvalue weighted by Crippen LogP contribution is -2.09. The average molecular weight is 421 g/mol. The highest BCUT2D eigenvalue weighted by atomic mass is 16.4. The number of ketones is 1. The monoisotopic (exact) mass is 420 g/mol. The molecule has 1 N–H and O–H groups in total. The molecule has 3 rings (SSSR count). The number of carbonyl (C=O) groups excluding carboxylic acids is 1. The maximum absolute atomic E-state index is 12.4. The zero-order chi connectivity index (χ0) is 22.2. The normalized spacial score (nSPS) is 10.9. The van der Waals surface area contributed by atoms with Crippen molar-refractivity contribution >= 4 is 11.8 Å². The van der Waals surface area contributed by atoms with Crippen molar-refractivity contribution < 1.29 is 14.7 Å². The molecule has 7 heteroatoms. The first-order valence-corrected chi connectivity index (χ1v) is 10.8. The molecular formula is C24H28N4O3. The Kier molecular flexibility index (Phi) is 7.65. The van der Waals surface area contributed by atoms with Gasteiger partial charge < -0.3 is 5.11 Å². The van der Waals surface area contributed by atoms with Crippen molar-refractivity contribution in [3.63, 3.8) is 0 Å². The van der Waals surface area contributed by atoms with Crippen LogP contribution in [0, 0.1) is 0 Å². The molecular weight excluding hydrogens is 392 g/mol. The molecule has 162 valence electrons. The number of Topliss-reactive ketones (excluding diaryl/α,β-unsaturated/α-hetero) is 1. The SMILES string of the molecule is CCCCC(=O)c1nc(CCCC)n(Cc2ccc(-c3ccccc3C(=O)O)cn2)n1. The number of hydrogen-bond acceptors (Lipinski definition) is 5. The predicted molar refractivity (Wildman–Crippen MR) is 118 cm³/mol. The third-order valence-electron chi connectivity index (χ3n) is 5.11. The first kappa shape index (κ1) is 22.3. The minimum atomic E-state index is -0.969. The lowest BCUT2D eigenvalue weighted by atomic mass is 10.0. The van der Waals surface area contributed by atoms with E-state index in [1.54, 1.807) is 29.1 Å². The van der Waals surface area contributed by atoms with E-state index in [9.17, 15) is 14.7 Å². The Balaban J connectivity index is 1.82. The number of nitrogens with zero attached hydrogens (tertiary/aromatic N) is 4. The van der Waals surface area contributed by atoms with Gasteiger partial charge in [0.2, 0.25) is 11.6 Å². The lowest BCUT2D eigenvalue weighted by molar-refractivity contribution is 0.0697. The van der Waals surface area contributed by atoms with Crippen LogP contribution in [0.25, 0.3) is 11.1 Å². The molecule has 0 atom stereocenters. The summed E-state index contributed by atoms with van der Waals surface area (Å²) in [5, 5.41) is 13.9. The lowest BCUT2D eigenvalue weighted by Gasteiger charge is -2.08. The van der Waals surface area contributed by atoms with E-state index in [4.69, 9.17) is 0 Å². The Morgan fingerprint density at radius 2 is 1.81 bits per heavy atom. The number of benzene rings is 1. The van der Waals surface area contributed by atoms with E-state index in [2.05, 4.69) is 28.9 Å². The van der Waals surface area contributed by atoms with E-state index >= 15 is 0 Å². The van der Waals surface area contributed by atoms with Crippen molar-refractivity contribution in [3.05, 3.63) is 65.5 Å². The number of carboxylic acid groups (broad SMARTS) is 1. The molecule has 0 fully saturated rings. The number of carboxylic acids is 1. The zero-order valence-electron chi connectivity index (χ0n) is 18.0. The van der Waals surface area contributed by atoms with Crippen molar-refractivity contribution in [2.45, 2.75) is 58.9 Å². The number of carbonyl (C=O) groups is 2. The van der Waals surface area contributed by atoms with E-state index in [1.165, 1.54) is 0 Å². The summed E-state index contributed by atoms with van der Waals surface area (Å²) in [5.74, 6) is 0.0883. The van der Waals surface area contributed by atoms with Gasteiger partial charge in [0, 0.05) is 24.6 Å². The van der Waals surface area contributed by atoms with Crippen molar-refractivity contribution in [3.8, 4) is 11.1 Å². The second-order valence-corrected chi connectivity index (χ2v) is 7.53. The third kappa shape index (κ3) is 5.63. The molecule has 2 heterocycles. The second-order valence-electron chi connectivity index (χ2n) is 7.53. The van der Waals surface area contributed by atoms with E-state index in [0.717, 1.165) is 49.2 Å². The van der Waals surface area contributed by atoms with Crippen LogP contribution in [0.1, 0.15) is 78.4 Å². The molecule has 0 saturated carbocycles. The summed E-state index contributed by atoms with van der Waals surface area (Å²) in [7, 11) is 0. The molecule has 2 aromatic heterocycles. The van der Waals surface area contributed by atoms with Crippen molar-refractivity contribution in [1.29, 1.82) is 0 Å². The van der Waals surface area contributed by atoms with Gasteiger partial charge in [0.1, 0.15) is 5.82 Å². The van der Waals surface area contributed by atoms with Gasteiger partial charge >= 0.3 is 5.97 Å². The van der Waals surface area contributed by atoms with Gasteiger partial charge in [-0.15, -0.1) is 5.10 Å². The Hall–Kier alpha value is -3.35. The fourth-order valence-electron chi connectivity index (χ4n) is 3.34. The Bertz CT molecular complexity index is 1040. The van der Waals surface area contributed by atoms with Gasteiger partial charge in [-0.25, -0.2) is 14.5 Å². The van der Waals surface area contributed by atoms with Crippen LogP contribution in [0.5, 0.6) is 0 Å². The van der Waals surface area contributed by atoms with Crippen LogP contribution in [0.15, 0.2) is 42.6 Å². The van der Waals surface area contributed by atoms with Gasteiger partial charge in [-0.05, 0) is 30.5 Å². The first-order chi connectivity index (χ1) is 15.0. The Morgan fingerprint density at radius 3 is 2.48 bits per heavy atom. The van der Waals surface area contributed by atoms with Crippen LogP contribution in [-0.2, 0) is 13.0 Å². The largest absolute Gasteiger partial charge is 0.478 e. The molecule has 0 unspecified atom stereocenters. The maximum atomic E-state index is 12.4. The van der Waals surface area contributed by atoms with Crippen molar-refractivity contribution in [1.82, 2.24) is 19.7 Å². The van der Waals surface area contributed by atoms with Gasteiger partial charge in [0.15, 0.2) is 0 Å². The summed E-state index contributed by atoms with van der Waals surface area (Å²) in [6.07, 6.45) is 6.68. The molecule has 0 aliphatic heterocycles. The number of rotatable bonds is 11. The Morgan fingerprint density at radius 1 is 1.03 bits per heavy atom. The van der Waals surface area contributed by atoms with Crippen LogP contribution in [0.2, 0.25) is 0 Å². The highest BCUT2D eigenvalue weighted by molar-refractivity contribution is 5.95. The molecule has 0 aliphatic rings. The molecule has 0 saturated heterocycles. The molecule has 31 heavy (non-hydrogen) atoms. The summed E-state index contributed by atoms with van der Waals surface area (Å²) in [5.41, 5.74) is 2.38. The van der Waals surface area contributed by atoms with Gasteiger partial charge in [-0.2, -0.15) is 0 Å². The highest BCUT2D eigenvalue weighted by Gasteiger charge is 2.17. The third-order valence-corrected chi connectivity index (χ3v) is 5.11. The molecule has 1 aromatic carbocycles. The summed E-state index contributed by atoms with van der Waals surface area (Å²) < 4.78 is 1.77. The van der Waals surface area contributed by atoms with E-state index < -0.39 is 5.97 Å². The van der Waals surface area contributed by atoms with E-state index in [1.807, 2.05) is 18.2 Å². The first-order valence-electron chi connectivity index (χ1n) is 10.8. The van der Waals surface area contributed by atoms with Crippen LogP contribution in [0.4, 0.5) is 0 Å². The van der Waals surface area contributed by atoms with Crippen LogP contribution >= 0.6 is 0 Å². The maximum Gasteiger partial charge on any atom is 0.336 e. The minimum absolute atomic E-state index is 0.0214. The van der Waals surface area contributed by atoms with Gasteiger partial charge in [0.25, 0.3) is 0 Å². The predicted octanol–water partition coefficient (Wildman–Crippen LogP) is 4.80. The number of aromatic nitrogens is 4. The summed E-state index contributed by atoms with van der Waals surface area (Å²) in [6.45, 7) is 4.58. The highest BCUT2D eigenvalue weighted by Crippen LogP contribution is 2.23. The van der Waals surface area contributed by atoms with Crippen molar-refractivity contribution in [2.75, 3.05) is 0 Å². The number of hydrogen-bond donors (Lipinski definition) is 1. The number of aromatic carboxylic acids is 1. The topological polar surface area (TPSA) is 98.0 Å². The number of aryl methyl sites for hydroxylation is 1. The summed E-state index contributed by atoms with van der Waals surface area (Å²) in [4.78, 5) is 32.9. The van der Waals surface area contributed by atoms with E-state index in [0.29, 0.717) is 18.5 Å². The van der Waals surface area contributed by atoms with E-state index in [-0.39, 0.29) is 17.2 Å². The molecule has 0 aliphatic carbocycles. The fourth-order valence-corrected chi connectivity index (χ4v) is 3.34. The van der Waals surface area contributed by atoms with Crippen LogP contribution < -0.4 is 0 Å². The summed E-state index contributed by atoms with van der Waals surface area (Å²) >= 11 is 0. The van der Waals surface area contributed by atoms with Gasteiger partial charge in [-0.3, -0.25) is 9.78 Å². The summed E-state index contributed by atoms with van der Waals surface area (Å²) in [6, 6.07) is 10.6. The molecule has 0 spiro atoms. The number of unbranched alkanes of at least 4 members (excludes halogenated alkanes) is 2. The second kappa shape index (κ2) is 10.6. The fraction of sp³-hybridized carbons (Fsp3) is 0.375. The van der Waals surface area contributed by atoms with Crippen LogP contribution in [-0.4, -0.2) is 36.6 Å². The molecule has 0 bridgehead atoms.